The topological polar surface area (TPSA) is 58.6 Å². The average molecular weight is 235 g/mol. The molecule has 0 bridgehead atoms. The van der Waals surface area contributed by atoms with E-state index in [1.54, 1.807) is 0 Å². The second-order valence-electron chi connectivity index (χ2n) is 4.33. The van der Waals surface area contributed by atoms with Gasteiger partial charge in [-0.25, -0.2) is 0 Å². The lowest BCUT2D eigenvalue weighted by Crippen LogP contribution is -2.35. The summed E-state index contributed by atoms with van der Waals surface area (Å²) >= 11 is 0. The minimum atomic E-state index is -0.358. The molecule has 0 unspecified atom stereocenters. The van der Waals surface area contributed by atoms with Gasteiger partial charge in [-0.1, -0.05) is 30.3 Å². The first-order chi connectivity index (χ1) is 8.20. The van der Waals surface area contributed by atoms with Gasteiger partial charge < -0.3 is 9.84 Å². The Morgan fingerprint density at radius 2 is 2.18 bits per heavy atom. The Balaban J connectivity index is 1.95. The maximum Gasteiger partial charge on any atom is 0.323 e. The van der Waals surface area contributed by atoms with Crippen LogP contribution in [0.4, 0.5) is 0 Å². The fraction of sp³-hybridized carbons (Fsp3) is 0.462. The van der Waals surface area contributed by atoms with E-state index in [4.69, 9.17) is 9.84 Å². The van der Waals surface area contributed by atoms with Gasteiger partial charge in [0.25, 0.3) is 0 Å². The summed E-state index contributed by atoms with van der Waals surface area (Å²) in [5, 5.41) is 12.2. The molecule has 17 heavy (non-hydrogen) atoms. The molecule has 0 aromatic heterocycles. The van der Waals surface area contributed by atoms with E-state index in [-0.39, 0.29) is 30.8 Å². The number of hydrogen-bond acceptors (Lipinski definition) is 4. The van der Waals surface area contributed by atoms with Gasteiger partial charge in [-0.05, 0) is 12.5 Å². The molecule has 4 heteroatoms. The van der Waals surface area contributed by atoms with E-state index in [2.05, 4.69) is 5.32 Å². The van der Waals surface area contributed by atoms with Crippen LogP contribution in [0.5, 0.6) is 0 Å². The molecule has 1 heterocycles. The highest BCUT2D eigenvalue weighted by atomic mass is 16.6. The standard InChI is InChI=1S/C13H17NO3/c1-9(10-5-3-2-4-6-10)14-12-7-11(8-15)17-13(12)16/h2-6,9,11-12,14-15H,7-8H2,1H3/t9-,11-,12-/m0/s1. The van der Waals surface area contributed by atoms with Gasteiger partial charge in [0.15, 0.2) is 0 Å². The number of aliphatic hydroxyl groups excluding tert-OH is 1. The number of aliphatic hydroxyl groups is 1. The van der Waals surface area contributed by atoms with Crippen LogP contribution >= 0.6 is 0 Å². The van der Waals surface area contributed by atoms with Crippen molar-refractivity contribution in [3.8, 4) is 0 Å². The number of cyclic esters (lactones) is 1. The van der Waals surface area contributed by atoms with Gasteiger partial charge in [-0.2, -0.15) is 0 Å². The summed E-state index contributed by atoms with van der Waals surface area (Å²) in [6, 6.07) is 9.70. The second-order valence-corrected chi connectivity index (χ2v) is 4.33. The van der Waals surface area contributed by atoms with Gasteiger partial charge in [0.05, 0.1) is 6.61 Å². The zero-order chi connectivity index (χ0) is 12.3. The quantitative estimate of drug-likeness (QED) is 0.765. The zero-order valence-corrected chi connectivity index (χ0v) is 9.80. The molecular weight excluding hydrogens is 218 g/mol. The fourth-order valence-corrected chi connectivity index (χ4v) is 2.04. The number of hydrogen-bond donors (Lipinski definition) is 2. The van der Waals surface area contributed by atoms with E-state index in [1.165, 1.54) is 0 Å². The maximum absolute atomic E-state index is 11.5. The van der Waals surface area contributed by atoms with Gasteiger partial charge in [0.2, 0.25) is 0 Å². The molecule has 1 aromatic carbocycles. The molecule has 1 fully saturated rings. The normalized spacial score (nSPS) is 25.6. The minimum Gasteiger partial charge on any atom is -0.459 e. The van der Waals surface area contributed by atoms with Gasteiger partial charge >= 0.3 is 5.97 Å². The van der Waals surface area contributed by atoms with Crippen molar-refractivity contribution in [2.45, 2.75) is 31.5 Å². The highest BCUT2D eigenvalue weighted by Crippen LogP contribution is 2.19. The SMILES string of the molecule is C[C@H](N[C@H]1C[C@@H](CO)OC1=O)c1ccccc1. The number of ether oxygens (including phenoxy) is 1. The van der Waals surface area contributed by atoms with Crippen molar-refractivity contribution in [1.29, 1.82) is 0 Å². The van der Waals surface area contributed by atoms with E-state index in [0.717, 1.165) is 5.56 Å². The summed E-state index contributed by atoms with van der Waals surface area (Å²) in [6.45, 7) is 1.90. The van der Waals surface area contributed by atoms with Crippen molar-refractivity contribution in [3.63, 3.8) is 0 Å². The summed E-state index contributed by atoms with van der Waals surface area (Å²) in [5.41, 5.74) is 1.13. The molecule has 0 saturated carbocycles. The number of nitrogens with one attached hydrogen (secondary N) is 1. The first-order valence-electron chi connectivity index (χ1n) is 5.83. The van der Waals surface area contributed by atoms with Crippen molar-refractivity contribution in [3.05, 3.63) is 35.9 Å². The minimum absolute atomic E-state index is 0.0891. The number of rotatable bonds is 4. The van der Waals surface area contributed by atoms with Crippen molar-refractivity contribution in [2.24, 2.45) is 0 Å². The van der Waals surface area contributed by atoms with Gasteiger partial charge in [0, 0.05) is 12.5 Å². The molecule has 0 aliphatic carbocycles. The van der Waals surface area contributed by atoms with Crippen molar-refractivity contribution in [2.75, 3.05) is 6.61 Å². The van der Waals surface area contributed by atoms with E-state index in [9.17, 15) is 4.79 Å². The monoisotopic (exact) mass is 235 g/mol. The van der Waals surface area contributed by atoms with Crippen molar-refractivity contribution >= 4 is 5.97 Å². The van der Waals surface area contributed by atoms with Crippen LogP contribution in [0.3, 0.4) is 0 Å². The van der Waals surface area contributed by atoms with Crippen LogP contribution in [0.15, 0.2) is 30.3 Å². The molecule has 0 amide bonds. The molecule has 4 nitrogen and oxygen atoms in total. The molecule has 3 atom stereocenters. The number of carbonyl (C=O) groups excluding carboxylic acids is 1. The van der Waals surface area contributed by atoms with Crippen LogP contribution in [0.25, 0.3) is 0 Å². The molecule has 1 saturated heterocycles. The summed E-state index contributed by atoms with van der Waals surface area (Å²) < 4.78 is 5.01. The lowest BCUT2D eigenvalue weighted by molar-refractivity contribution is -0.144. The third kappa shape index (κ3) is 2.84. The predicted molar refractivity (Wildman–Crippen MR) is 63.4 cm³/mol. The van der Waals surface area contributed by atoms with Crippen LogP contribution < -0.4 is 5.32 Å². The van der Waals surface area contributed by atoms with Crippen LogP contribution in [0.1, 0.15) is 24.9 Å². The summed E-state index contributed by atoms with van der Waals surface area (Å²) in [4.78, 5) is 11.5. The lowest BCUT2D eigenvalue weighted by Gasteiger charge is -2.17. The van der Waals surface area contributed by atoms with Crippen LogP contribution in [-0.4, -0.2) is 29.8 Å². The summed E-state index contributed by atoms with van der Waals surface area (Å²) in [6.07, 6.45) is 0.176. The average Bonchev–Trinajstić information content (AvgIpc) is 2.71. The summed E-state index contributed by atoms with van der Waals surface area (Å²) in [5.74, 6) is -0.271. The lowest BCUT2D eigenvalue weighted by atomic mass is 10.1. The highest BCUT2D eigenvalue weighted by Gasteiger charge is 2.34. The second kappa shape index (κ2) is 5.29. The summed E-state index contributed by atoms with van der Waals surface area (Å²) in [7, 11) is 0. The molecule has 92 valence electrons. The first-order valence-corrected chi connectivity index (χ1v) is 5.83. The van der Waals surface area contributed by atoms with E-state index >= 15 is 0 Å². The molecule has 0 radical (unpaired) electrons. The Bertz CT molecular complexity index is 380. The molecule has 1 aliphatic rings. The molecule has 2 N–H and O–H groups in total. The molecule has 1 aliphatic heterocycles. The Labute approximate surface area is 101 Å². The van der Waals surface area contributed by atoms with E-state index in [0.29, 0.717) is 6.42 Å². The number of carbonyl (C=O) groups is 1. The maximum atomic E-state index is 11.5. The van der Waals surface area contributed by atoms with Gasteiger partial charge in [0.1, 0.15) is 12.1 Å². The molecule has 2 rings (SSSR count). The van der Waals surface area contributed by atoms with Crippen LogP contribution in [0.2, 0.25) is 0 Å². The van der Waals surface area contributed by atoms with E-state index in [1.807, 2.05) is 37.3 Å². The fourth-order valence-electron chi connectivity index (χ4n) is 2.04. The highest BCUT2D eigenvalue weighted by molar-refractivity contribution is 5.78. The Hall–Kier alpha value is -1.39. The Kier molecular flexibility index (Phi) is 3.76. The smallest absolute Gasteiger partial charge is 0.323 e. The van der Waals surface area contributed by atoms with Crippen LogP contribution in [0, 0.1) is 0 Å². The molecular formula is C13H17NO3. The number of benzene rings is 1. The van der Waals surface area contributed by atoms with Gasteiger partial charge in [-0.3, -0.25) is 10.1 Å². The first kappa shape index (κ1) is 12.1. The van der Waals surface area contributed by atoms with Gasteiger partial charge in [-0.15, -0.1) is 0 Å². The Morgan fingerprint density at radius 3 is 2.76 bits per heavy atom. The third-order valence-electron chi connectivity index (χ3n) is 3.02. The molecule has 1 aromatic rings. The third-order valence-corrected chi connectivity index (χ3v) is 3.02. The van der Waals surface area contributed by atoms with Crippen LogP contribution in [-0.2, 0) is 9.53 Å². The van der Waals surface area contributed by atoms with Crippen molar-refractivity contribution in [1.82, 2.24) is 5.32 Å². The Morgan fingerprint density at radius 1 is 1.47 bits per heavy atom. The molecule has 0 spiro atoms. The zero-order valence-electron chi connectivity index (χ0n) is 9.80. The predicted octanol–water partition coefficient (Wildman–Crippen LogP) is 1.01. The van der Waals surface area contributed by atoms with E-state index < -0.39 is 0 Å². The number of esters is 1. The largest absolute Gasteiger partial charge is 0.459 e. The van der Waals surface area contributed by atoms with Crippen molar-refractivity contribution < 1.29 is 14.6 Å².